The fourth-order valence-electron chi connectivity index (χ4n) is 2.49. The fraction of sp³-hybridized carbons (Fsp3) is 0.190. The van der Waals surface area contributed by atoms with Gasteiger partial charge in [-0.15, -0.1) is 0 Å². The summed E-state index contributed by atoms with van der Waals surface area (Å²) in [6, 6.07) is 11.3. The van der Waals surface area contributed by atoms with Crippen molar-refractivity contribution in [2.75, 3.05) is 24.9 Å². The van der Waals surface area contributed by atoms with E-state index in [0.29, 0.717) is 11.3 Å². The minimum absolute atomic E-state index is 0.163. The van der Waals surface area contributed by atoms with Crippen LogP contribution in [0.3, 0.4) is 0 Å². The number of benzene rings is 2. The van der Waals surface area contributed by atoms with Crippen LogP contribution in [0.2, 0.25) is 5.02 Å². The number of rotatable bonds is 7. The molecular formula is C21H20ClN5O5. The van der Waals surface area contributed by atoms with Crippen LogP contribution in [-0.2, 0) is 14.4 Å². The number of hydrazone groups is 1. The SMILES string of the molecule is COc1cc(NC(=O)C(=O)NN=C(C)CC(=O)Nc2ccccc2C#N)c(OC)cc1Cl. The molecule has 10 nitrogen and oxygen atoms in total. The predicted molar refractivity (Wildman–Crippen MR) is 119 cm³/mol. The highest BCUT2D eigenvalue weighted by molar-refractivity contribution is 6.40. The molecule has 2 rings (SSSR count). The Labute approximate surface area is 189 Å². The largest absolute Gasteiger partial charge is 0.495 e. The van der Waals surface area contributed by atoms with Crippen LogP contribution >= 0.6 is 11.6 Å². The molecule has 0 saturated heterocycles. The van der Waals surface area contributed by atoms with Gasteiger partial charge in [-0.25, -0.2) is 5.43 Å². The molecule has 2 aromatic rings. The lowest BCUT2D eigenvalue weighted by Crippen LogP contribution is -2.33. The Bertz CT molecular complexity index is 1110. The number of nitriles is 1. The monoisotopic (exact) mass is 457 g/mol. The summed E-state index contributed by atoms with van der Waals surface area (Å²) in [7, 11) is 2.78. The van der Waals surface area contributed by atoms with Gasteiger partial charge in [-0.2, -0.15) is 10.4 Å². The molecule has 3 amide bonds. The van der Waals surface area contributed by atoms with Crippen molar-refractivity contribution in [2.24, 2.45) is 5.10 Å². The van der Waals surface area contributed by atoms with Crippen LogP contribution in [0.25, 0.3) is 0 Å². The van der Waals surface area contributed by atoms with Gasteiger partial charge in [0.1, 0.15) is 17.6 Å². The summed E-state index contributed by atoms with van der Waals surface area (Å²) in [4.78, 5) is 36.4. The van der Waals surface area contributed by atoms with Crippen molar-refractivity contribution in [3.63, 3.8) is 0 Å². The molecule has 0 saturated carbocycles. The second-order valence-corrected chi connectivity index (χ2v) is 6.72. The number of amides is 3. The van der Waals surface area contributed by atoms with Gasteiger partial charge in [-0.05, 0) is 19.1 Å². The van der Waals surface area contributed by atoms with Gasteiger partial charge in [-0.3, -0.25) is 14.4 Å². The summed E-state index contributed by atoms with van der Waals surface area (Å²) >= 11 is 6.01. The van der Waals surface area contributed by atoms with Crippen molar-refractivity contribution in [3.8, 4) is 17.6 Å². The Morgan fingerprint density at radius 1 is 1.03 bits per heavy atom. The quantitative estimate of drug-likeness (QED) is 0.331. The summed E-state index contributed by atoms with van der Waals surface area (Å²) in [6.45, 7) is 1.50. The summed E-state index contributed by atoms with van der Waals surface area (Å²) in [5, 5.41) is 18.1. The molecule has 32 heavy (non-hydrogen) atoms. The Balaban J connectivity index is 1.96. The highest BCUT2D eigenvalue weighted by atomic mass is 35.5. The zero-order chi connectivity index (χ0) is 23.7. The Hall–Kier alpha value is -4.10. The molecule has 2 aromatic carbocycles. The van der Waals surface area contributed by atoms with Gasteiger partial charge in [0.05, 0.1) is 42.6 Å². The zero-order valence-electron chi connectivity index (χ0n) is 17.5. The second-order valence-electron chi connectivity index (χ2n) is 6.31. The maximum atomic E-state index is 12.2. The number of nitrogens with one attached hydrogen (secondary N) is 3. The molecule has 0 heterocycles. The minimum atomic E-state index is -1.06. The molecule has 166 valence electrons. The van der Waals surface area contributed by atoms with E-state index in [-0.39, 0.29) is 34.3 Å². The highest BCUT2D eigenvalue weighted by Crippen LogP contribution is 2.35. The zero-order valence-corrected chi connectivity index (χ0v) is 18.2. The van der Waals surface area contributed by atoms with Gasteiger partial charge in [0.15, 0.2) is 0 Å². The number of carbonyl (C=O) groups excluding carboxylic acids is 3. The number of hydrogen-bond acceptors (Lipinski definition) is 7. The number of nitrogens with zero attached hydrogens (tertiary/aromatic N) is 2. The van der Waals surface area contributed by atoms with Crippen LogP contribution < -0.4 is 25.5 Å². The normalized spacial score (nSPS) is 10.5. The molecule has 0 fully saturated rings. The topological polar surface area (TPSA) is 142 Å². The van der Waals surface area contributed by atoms with E-state index in [1.807, 2.05) is 6.07 Å². The lowest BCUT2D eigenvalue weighted by molar-refractivity contribution is -0.136. The first-order chi connectivity index (χ1) is 15.3. The van der Waals surface area contributed by atoms with Crippen LogP contribution in [0.5, 0.6) is 11.5 Å². The summed E-state index contributed by atoms with van der Waals surface area (Å²) < 4.78 is 10.2. The van der Waals surface area contributed by atoms with E-state index in [4.69, 9.17) is 26.3 Å². The van der Waals surface area contributed by atoms with E-state index >= 15 is 0 Å². The molecule has 11 heteroatoms. The van der Waals surface area contributed by atoms with Gasteiger partial charge in [-0.1, -0.05) is 23.7 Å². The van der Waals surface area contributed by atoms with Crippen molar-refractivity contribution in [1.82, 2.24) is 5.43 Å². The third-order valence-corrected chi connectivity index (χ3v) is 4.31. The van der Waals surface area contributed by atoms with Gasteiger partial charge in [0.2, 0.25) is 5.91 Å². The van der Waals surface area contributed by atoms with E-state index in [2.05, 4.69) is 21.2 Å². The maximum Gasteiger partial charge on any atom is 0.329 e. The third kappa shape index (κ3) is 6.45. The highest BCUT2D eigenvalue weighted by Gasteiger charge is 2.18. The van der Waals surface area contributed by atoms with Crippen molar-refractivity contribution < 1.29 is 23.9 Å². The first-order valence-electron chi connectivity index (χ1n) is 9.14. The molecule has 0 atom stereocenters. The first-order valence-corrected chi connectivity index (χ1v) is 9.51. The maximum absolute atomic E-state index is 12.2. The molecule has 0 aliphatic rings. The molecule has 0 aliphatic carbocycles. The minimum Gasteiger partial charge on any atom is -0.495 e. The number of halogens is 1. The van der Waals surface area contributed by atoms with Crippen molar-refractivity contribution in [2.45, 2.75) is 13.3 Å². The van der Waals surface area contributed by atoms with E-state index < -0.39 is 17.7 Å². The lowest BCUT2D eigenvalue weighted by atomic mass is 10.2. The van der Waals surface area contributed by atoms with Crippen LogP contribution in [-0.4, -0.2) is 37.7 Å². The van der Waals surface area contributed by atoms with Crippen molar-refractivity contribution in [1.29, 1.82) is 5.26 Å². The third-order valence-electron chi connectivity index (χ3n) is 4.01. The van der Waals surface area contributed by atoms with E-state index in [1.165, 1.54) is 33.3 Å². The Kier molecular flexibility index (Phi) is 8.56. The standard InChI is InChI=1S/C21H20ClN5O5/c1-12(8-19(28)24-15-7-5-4-6-13(15)11-23)26-27-21(30)20(29)25-16-10-17(31-2)14(22)9-18(16)32-3/h4-7,9-10H,8H2,1-3H3,(H,24,28)(H,25,29)(H,27,30). The van der Waals surface area contributed by atoms with Crippen LogP contribution in [0.15, 0.2) is 41.5 Å². The van der Waals surface area contributed by atoms with E-state index in [9.17, 15) is 14.4 Å². The van der Waals surface area contributed by atoms with Crippen LogP contribution in [0.4, 0.5) is 11.4 Å². The molecule has 0 radical (unpaired) electrons. The Morgan fingerprint density at radius 2 is 1.72 bits per heavy atom. The first kappa shape index (κ1) is 24.2. The number of hydrogen-bond donors (Lipinski definition) is 3. The molecule has 0 bridgehead atoms. The number of para-hydroxylation sites is 1. The molecule has 0 spiro atoms. The Morgan fingerprint density at radius 3 is 2.38 bits per heavy atom. The lowest BCUT2D eigenvalue weighted by Gasteiger charge is -2.12. The molecular weight excluding hydrogens is 438 g/mol. The van der Waals surface area contributed by atoms with Gasteiger partial charge < -0.3 is 20.1 Å². The smallest absolute Gasteiger partial charge is 0.329 e. The average molecular weight is 458 g/mol. The number of methoxy groups -OCH3 is 2. The molecule has 0 aliphatic heterocycles. The molecule has 0 aromatic heterocycles. The van der Waals surface area contributed by atoms with Crippen molar-refractivity contribution >= 4 is 46.4 Å². The fourth-order valence-corrected chi connectivity index (χ4v) is 2.72. The number of anilines is 2. The van der Waals surface area contributed by atoms with Gasteiger partial charge in [0.25, 0.3) is 0 Å². The summed E-state index contributed by atoms with van der Waals surface area (Å²) in [6.07, 6.45) is -0.163. The summed E-state index contributed by atoms with van der Waals surface area (Å²) in [5.74, 6) is -2.01. The average Bonchev–Trinajstić information content (AvgIpc) is 2.78. The predicted octanol–water partition coefficient (Wildman–Crippen LogP) is 2.69. The molecule has 3 N–H and O–H groups in total. The van der Waals surface area contributed by atoms with Crippen molar-refractivity contribution in [3.05, 3.63) is 47.0 Å². The van der Waals surface area contributed by atoms with Crippen LogP contribution in [0, 0.1) is 11.3 Å². The van der Waals surface area contributed by atoms with Gasteiger partial charge in [0, 0.05) is 17.8 Å². The van der Waals surface area contributed by atoms with Crippen LogP contribution in [0.1, 0.15) is 18.9 Å². The number of carbonyl (C=O) groups is 3. The van der Waals surface area contributed by atoms with Gasteiger partial charge >= 0.3 is 11.8 Å². The number of ether oxygens (including phenoxy) is 2. The summed E-state index contributed by atoms with van der Waals surface area (Å²) in [5.41, 5.74) is 3.17. The molecule has 0 unspecified atom stereocenters. The van der Waals surface area contributed by atoms with E-state index in [0.717, 1.165) is 0 Å². The van der Waals surface area contributed by atoms with E-state index in [1.54, 1.807) is 24.3 Å². The second kappa shape index (κ2) is 11.3.